The number of hydrogen-bond donors (Lipinski definition) is 2. The first-order valence-electron chi connectivity index (χ1n) is 9.06. The van der Waals surface area contributed by atoms with Crippen LogP contribution in [0.1, 0.15) is 35.1 Å². The Balaban J connectivity index is 1.68. The summed E-state index contributed by atoms with van der Waals surface area (Å²) < 4.78 is 17.4. The molecule has 0 saturated carbocycles. The molecule has 0 radical (unpaired) electrons. The second kappa shape index (κ2) is 6.08. The highest BCUT2D eigenvalue weighted by molar-refractivity contribution is 6.24. The molecule has 0 bridgehead atoms. The van der Waals surface area contributed by atoms with Gasteiger partial charge in [0.05, 0.1) is 32.0 Å². The summed E-state index contributed by atoms with van der Waals surface area (Å²) in [4.78, 5) is 12.8. The van der Waals surface area contributed by atoms with Gasteiger partial charge in [0.2, 0.25) is 0 Å². The van der Waals surface area contributed by atoms with Crippen molar-refractivity contribution in [2.45, 2.75) is 44.9 Å². The highest BCUT2D eigenvalue weighted by Crippen LogP contribution is 2.41. The monoisotopic (exact) mass is 359 g/mol. The Morgan fingerprint density at radius 2 is 1.62 bits per heavy atom. The van der Waals surface area contributed by atoms with Crippen LogP contribution in [-0.2, 0) is 19.0 Å². The lowest BCUT2D eigenvalue weighted by Crippen LogP contribution is -2.61. The van der Waals surface area contributed by atoms with Gasteiger partial charge in [-0.2, -0.15) is 0 Å². The first-order chi connectivity index (χ1) is 12.4. The van der Waals surface area contributed by atoms with Crippen molar-refractivity contribution in [2.24, 2.45) is 0 Å². The SMILES string of the molecule is Cc1cc(C)c(C2=C(O)C3(COC4(CCOCC4)OC3)NC2=O)c(C)c1. The number of benzene rings is 1. The molecular weight excluding hydrogens is 334 g/mol. The Hall–Kier alpha value is -1.89. The van der Waals surface area contributed by atoms with Crippen LogP contribution in [0.2, 0.25) is 0 Å². The van der Waals surface area contributed by atoms with E-state index in [1.165, 1.54) is 0 Å². The lowest BCUT2D eigenvalue weighted by molar-refractivity contribution is -0.310. The molecule has 3 aliphatic rings. The van der Waals surface area contributed by atoms with Gasteiger partial charge in [-0.25, -0.2) is 0 Å². The maximum atomic E-state index is 12.8. The van der Waals surface area contributed by atoms with E-state index in [1.54, 1.807) is 0 Å². The van der Waals surface area contributed by atoms with E-state index in [-0.39, 0.29) is 24.9 Å². The quantitative estimate of drug-likeness (QED) is 0.805. The Kier molecular flexibility index (Phi) is 4.10. The van der Waals surface area contributed by atoms with Crippen molar-refractivity contribution in [3.05, 3.63) is 40.1 Å². The van der Waals surface area contributed by atoms with Crippen LogP contribution in [0.5, 0.6) is 0 Å². The second-order valence-electron chi connectivity index (χ2n) is 7.63. The fraction of sp³-hybridized carbons (Fsp3) is 0.550. The number of aliphatic hydroxyl groups excluding tert-OH is 1. The Morgan fingerprint density at radius 3 is 2.19 bits per heavy atom. The van der Waals surface area contributed by atoms with Gasteiger partial charge in [-0.3, -0.25) is 4.79 Å². The van der Waals surface area contributed by atoms with Gasteiger partial charge in [-0.05, 0) is 37.5 Å². The summed E-state index contributed by atoms with van der Waals surface area (Å²) in [6.07, 6.45) is 1.31. The van der Waals surface area contributed by atoms with Gasteiger partial charge in [0, 0.05) is 12.8 Å². The van der Waals surface area contributed by atoms with Crippen LogP contribution >= 0.6 is 0 Å². The normalized spacial score (nSPS) is 24.3. The molecule has 26 heavy (non-hydrogen) atoms. The molecule has 4 rings (SSSR count). The topological polar surface area (TPSA) is 77.0 Å². The summed E-state index contributed by atoms with van der Waals surface area (Å²) in [6.45, 7) is 7.50. The number of amides is 1. The molecule has 2 spiro atoms. The Morgan fingerprint density at radius 1 is 1.04 bits per heavy atom. The van der Waals surface area contributed by atoms with Crippen LogP contribution in [0.4, 0.5) is 0 Å². The van der Waals surface area contributed by atoms with Crippen LogP contribution in [0.3, 0.4) is 0 Å². The minimum atomic E-state index is -1.01. The average Bonchev–Trinajstić information content (AvgIpc) is 2.83. The van der Waals surface area contributed by atoms with Crippen LogP contribution in [-0.4, -0.2) is 48.8 Å². The highest BCUT2D eigenvalue weighted by atomic mass is 16.7. The Labute approximate surface area is 153 Å². The van der Waals surface area contributed by atoms with Crippen molar-refractivity contribution in [3.63, 3.8) is 0 Å². The van der Waals surface area contributed by atoms with Crippen LogP contribution in [0.25, 0.3) is 5.57 Å². The molecule has 140 valence electrons. The fourth-order valence-electron chi connectivity index (χ4n) is 4.26. The number of carbonyl (C=O) groups is 1. The molecule has 3 aliphatic heterocycles. The van der Waals surface area contributed by atoms with Crippen molar-refractivity contribution < 1.29 is 24.1 Å². The average molecular weight is 359 g/mol. The van der Waals surface area contributed by atoms with Crippen molar-refractivity contribution in [3.8, 4) is 0 Å². The largest absolute Gasteiger partial charge is 0.509 e. The number of ether oxygens (including phenoxy) is 3. The van der Waals surface area contributed by atoms with Crippen molar-refractivity contribution >= 4 is 11.5 Å². The minimum absolute atomic E-state index is 0.0134. The molecule has 0 aromatic heterocycles. The van der Waals surface area contributed by atoms with Gasteiger partial charge in [0.25, 0.3) is 5.91 Å². The molecule has 1 aromatic rings. The first kappa shape index (κ1) is 17.5. The van der Waals surface area contributed by atoms with E-state index in [1.807, 2.05) is 32.9 Å². The van der Waals surface area contributed by atoms with Crippen LogP contribution in [0, 0.1) is 20.8 Å². The molecule has 2 N–H and O–H groups in total. The zero-order valence-electron chi connectivity index (χ0n) is 15.5. The number of nitrogens with one attached hydrogen (secondary N) is 1. The van der Waals surface area contributed by atoms with E-state index >= 15 is 0 Å². The Bertz CT molecular complexity index is 758. The van der Waals surface area contributed by atoms with E-state index in [9.17, 15) is 9.90 Å². The molecule has 0 aliphatic carbocycles. The zero-order valence-corrected chi connectivity index (χ0v) is 15.5. The number of rotatable bonds is 1. The third-order valence-electron chi connectivity index (χ3n) is 5.61. The molecule has 6 heteroatoms. The van der Waals surface area contributed by atoms with E-state index in [0.717, 1.165) is 22.3 Å². The molecule has 2 fully saturated rings. The van der Waals surface area contributed by atoms with Crippen LogP contribution < -0.4 is 5.32 Å². The maximum absolute atomic E-state index is 12.8. The van der Waals surface area contributed by atoms with Gasteiger partial charge in [0.15, 0.2) is 5.79 Å². The summed E-state index contributed by atoms with van der Waals surface area (Å²) in [5.74, 6) is -0.931. The summed E-state index contributed by atoms with van der Waals surface area (Å²) in [5.41, 5.74) is 3.16. The van der Waals surface area contributed by atoms with E-state index in [2.05, 4.69) is 5.32 Å². The van der Waals surface area contributed by atoms with Gasteiger partial charge >= 0.3 is 0 Å². The van der Waals surface area contributed by atoms with E-state index in [4.69, 9.17) is 14.2 Å². The second-order valence-corrected chi connectivity index (χ2v) is 7.63. The minimum Gasteiger partial charge on any atom is -0.509 e. The summed E-state index contributed by atoms with van der Waals surface area (Å²) in [6, 6.07) is 4.04. The van der Waals surface area contributed by atoms with Gasteiger partial charge in [-0.15, -0.1) is 0 Å². The molecule has 3 heterocycles. The highest BCUT2D eigenvalue weighted by Gasteiger charge is 2.53. The predicted octanol–water partition coefficient (Wildman–Crippen LogP) is 2.30. The van der Waals surface area contributed by atoms with E-state index < -0.39 is 11.3 Å². The summed E-state index contributed by atoms with van der Waals surface area (Å²) in [5, 5.41) is 13.9. The number of carbonyl (C=O) groups excluding carboxylic acids is 1. The van der Waals surface area contributed by atoms with Gasteiger partial charge < -0.3 is 24.6 Å². The lowest BCUT2D eigenvalue weighted by Gasteiger charge is -2.46. The number of aryl methyl sites for hydroxylation is 3. The zero-order chi connectivity index (χ0) is 18.5. The summed E-state index contributed by atoms with van der Waals surface area (Å²) in [7, 11) is 0. The third-order valence-corrected chi connectivity index (χ3v) is 5.61. The van der Waals surface area contributed by atoms with Crippen molar-refractivity contribution in [2.75, 3.05) is 26.4 Å². The first-order valence-corrected chi connectivity index (χ1v) is 9.06. The third kappa shape index (κ3) is 2.64. The molecule has 2 saturated heterocycles. The smallest absolute Gasteiger partial charge is 0.256 e. The predicted molar refractivity (Wildman–Crippen MR) is 95.8 cm³/mol. The lowest BCUT2D eigenvalue weighted by atomic mass is 9.90. The molecule has 1 aromatic carbocycles. The number of hydrogen-bond acceptors (Lipinski definition) is 5. The van der Waals surface area contributed by atoms with E-state index in [0.29, 0.717) is 31.6 Å². The van der Waals surface area contributed by atoms with Crippen molar-refractivity contribution in [1.82, 2.24) is 5.32 Å². The molecule has 0 unspecified atom stereocenters. The molecule has 1 amide bonds. The molecule has 0 atom stereocenters. The van der Waals surface area contributed by atoms with Crippen molar-refractivity contribution in [1.29, 1.82) is 0 Å². The number of aliphatic hydroxyl groups is 1. The molecular formula is C20H25NO5. The van der Waals surface area contributed by atoms with Gasteiger partial charge in [0.1, 0.15) is 11.3 Å². The van der Waals surface area contributed by atoms with Gasteiger partial charge in [-0.1, -0.05) is 17.7 Å². The standard InChI is InChI=1S/C20H25NO5/c1-12-8-13(2)15(14(3)9-12)16-17(22)19(21-18(16)23)10-25-20(26-11-19)4-6-24-7-5-20/h8-9,22H,4-7,10-11H2,1-3H3,(H,21,23). The maximum Gasteiger partial charge on any atom is 0.256 e. The molecule has 6 nitrogen and oxygen atoms in total. The summed E-state index contributed by atoms with van der Waals surface area (Å²) >= 11 is 0. The fourth-order valence-corrected chi connectivity index (χ4v) is 4.26. The van der Waals surface area contributed by atoms with Crippen LogP contribution in [0.15, 0.2) is 17.9 Å².